The zero-order chi connectivity index (χ0) is 20.7. The first kappa shape index (κ1) is 18.4. The zero-order valence-corrected chi connectivity index (χ0v) is 16.7. The number of likely N-dealkylation sites (tertiary alicyclic amines) is 1. The minimum Gasteiger partial charge on any atom is -0.496 e. The lowest BCUT2D eigenvalue weighted by molar-refractivity contribution is 0.0721. The van der Waals surface area contributed by atoms with Crippen LogP contribution in [0.25, 0.3) is 27.9 Å². The van der Waals surface area contributed by atoms with E-state index in [0.717, 1.165) is 43.4 Å². The fourth-order valence-corrected chi connectivity index (χ4v) is 4.19. The molecular formula is C23H22N4O3. The quantitative estimate of drug-likeness (QED) is 0.569. The molecule has 0 unspecified atom stereocenters. The summed E-state index contributed by atoms with van der Waals surface area (Å²) in [6.45, 7) is 1.49. The molecule has 0 spiro atoms. The molecule has 152 valence electrons. The van der Waals surface area contributed by atoms with E-state index in [0.29, 0.717) is 28.2 Å². The second-order valence-electron chi connectivity index (χ2n) is 7.55. The standard InChI is InChI=1S/C23H22N4O3/c1-30-20-13-18-17(12-16(20)23(29)26-10-6-3-7-11-26)25-22(28)19-14-24-21(27(18)19)15-8-4-2-5-9-15/h2,4-5,8-9,12-14H,3,6-7,10-11H2,1H3,(H,25,28). The van der Waals surface area contributed by atoms with Gasteiger partial charge in [0.1, 0.15) is 17.1 Å². The number of imidazole rings is 1. The summed E-state index contributed by atoms with van der Waals surface area (Å²) in [4.78, 5) is 35.1. The van der Waals surface area contributed by atoms with E-state index < -0.39 is 0 Å². The third kappa shape index (κ3) is 2.94. The van der Waals surface area contributed by atoms with Crippen LogP contribution in [-0.2, 0) is 0 Å². The fourth-order valence-electron chi connectivity index (χ4n) is 4.19. The Labute approximate surface area is 172 Å². The number of carbonyl (C=O) groups is 1. The lowest BCUT2D eigenvalue weighted by Gasteiger charge is -2.27. The van der Waals surface area contributed by atoms with E-state index in [1.54, 1.807) is 19.4 Å². The number of H-pyrrole nitrogens is 1. The van der Waals surface area contributed by atoms with Crippen molar-refractivity contribution in [3.8, 4) is 17.1 Å². The third-order valence-electron chi connectivity index (χ3n) is 5.71. The molecule has 2 aromatic carbocycles. The second-order valence-corrected chi connectivity index (χ2v) is 7.55. The maximum atomic E-state index is 13.1. The van der Waals surface area contributed by atoms with Crippen LogP contribution in [0.15, 0.2) is 53.5 Å². The highest BCUT2D eigenvalue weighted by atomic mass is 16.5. The molecule has 1 aliphatic heterocycles. The van der Waals surface area contributed by atoms with Crippen LogP contribution in [0.1, 0.15) is 29.6 Å². The predicted octanol–water partition coefficient (Wildman–Crippen LogP) is 3.48. The van der Waals surface area contributed by atoms with Crippen molar-refractivity contribution in [1.82, 2.24) is 19.3 Å². The average molecular weight is 402 g/mol. The van der Waals surface area contributed by atoms with E-state index in [9.17, 15) is 9.59 Å². The van der Waals surface area contributed by atoms with Crippen molar-refractivity contribution in [3.63, 3.8) is 0 Å². The van der Waals surface area contributed by atoms with Crippen LogP contribution in [-0.4, -0.2) is 45.4 Å². The molecule has 1 saturated heterocycles. The van der Waals surface area contributed by atoms with Crippen molar-refractivity contribution in [3.05, 3.63) is 64.6 Å². The van der Waals surface area contributed by atoms with Crippen LogP contribution in [0.4, 0.5) is 0 Å². The number of rotatable bonds is 3. The molecule has 4 aromatic rings. The highest BCUT2D eigenvalue weighted by Gasteiger charge is 2.23. The van der Waals surface area contributed by atoms with E-state index in [1.807, 2.05) is 45.7 Å². The number of amides is 1. The van der Waals surface area contributed by atoms with Gasteiger partial charge >= 0.3 is 0 Å². The first-order valence-electron chi connectivity index (χ1n) is 10.1. The van der Waals surface area contributed by atoms with Crippen molar-refractivity contribution >= 4 is 22.5 Å². The maximum Gasteiger partial charge on any atom is 0.274 e. The Bertz CT molecular complexity index is 1300. The Kier molecular flexibility index (Phi) is 4.50. The molecule has 0 radical (unpaired) electrons. The molecule has 7 heteroatoms. The number of methoxy groups -OCH3 is 1. The highest BCUT2D eigenvalue weighted by Crippen LogP contribution is 2.29. The molecule has 1 N–H and O–H groups in total. The Balaban J connectivity index is 1.74. The maximum absolute atomic E-state index is 13.1. The van der Waals surface area contributed by atoms with E-state index in [1.165, 1.54) is 0 Å². The zero-order valence-electron chi connectivity index (χ0n) is 16.7. The van der Waals surface area contributed by atoms with Gasteiger partial charge in [-0.05, 0) is 25.3 Å². The average Bonchev–Trinajstić information content (AvgIpc) is 3.25. The number of nitrogens with one attached hydrogen (secondary N) is 1. The van der Waals surface area contributed by atoms with Crippen LogP contribution >= 0.6 is 0 Å². The summed E-state index contributed by atoms with van der Waals surface area (Å²) < 4.78 is 7.41. The number of carbonyl (C=O) groups excluding carboxylic acids is 1. The SMILES string of the molecule is COc1cc2c(cc1C(=O)N1CCCCC1)[nH]c(=O)c1cnc(-c3ccccc3)n12. The van der Waals surface area contributed by atoms with Gasteiger partial charge < -0.3 is 14.6 Å². The van der Waals surface area contributed by atoms with Crippen LogP contribution in [0.5, 0.6) is 5.75 Å². The largest absolute Gasteiger partial charge is 0.496 e. The van der Waals surface area contributed by atoms with Crippen molar-refractivity contribution in [2.45, 2.75) is 19.3 Å². The van der Waals surface area contributed by atoms with Crippen LogP contribution in [0.3, 0.4) is 0 Å². The fraction of sp³-hybridized carbons (Fsp3) is 0.261. The van der Waals surface area contributed by atoms with Gasteiger partial charge in [0.15, 0.2) is 0 Å². The minimum absolute atomic E-state index is 0.0664. The van der Waals surface area contributed by atoms with Crippen LogP contribution in [0, 0.1) is 0 Å². The number of aromatic amines is 1. The molecule has 0 saturated carbocycles. The number of benzene rings is 2. The molecule has 0 aliphatic carbocycles. The van der Waals surface area contributed by atoms with Gasteiger partial charge in [0.2, 0.25) is 0 Å². The van der Waals surface area contributed by atoms with Crippen molar-refractivity contribution in [1.29, 1.82) is 0 Å². The number of ether oxygens (including phenoxy) is 1. The highest BCUT2D eigenvalue weighted by molar-refractivity contribution is 6.01. The summed E-state index contributed by atoms with van der Waals surface area (Å²) >= 11 is 0. The third-order valence-corrected chi connectivity index (χ3v) is 5.71. The van der Waals surface area contributed by atoms with Gasteiger partial charge in [-0.25, -0.2) is 4.98 Å². The summed E-state index contributed by atoms with van der Waals surface area (Å²) in [5, 5.41) is 0. The molecule has 1 amide bonds. The smallest absolute Gasteiger partial charge is 0.274 e. The molecular weight excluding hydrogens is 380 g/mol. The van der Waals surface area contributed by atoms with E-state index in [-0.39, 0.29) is 11.5 Å². The van der Waals surface area contributed by atoms with Crippen molar-refractivity contribution < 1.29 is 9.53 Å². The molecule has 2 aromatic heterocycles. The molecule has 1 fully saturated rings. The van der Waals surface area contributed by atoms with Crippen LogP contribution < -0.4 is 10.3 Å². The summed E-state index contributed by atoms with van der Waals surface area (Å²) in [7, 11) is 1.56. The monoisotopic (exact) mass is 402 g/mol. The normalized spacial score (nSPS) is 14.4. The predicted molar refractivity (Wildman–Crippen MR) is 115 cm³/mol. The summed E-state index contributed by atoms with van der Waals surface area (Å²) in [6, 6.07) is 13.2. The van der Waals surface area contributed by atoms with Gasteiger partial charge in [-0.1, -0.05) is 30.3 Å². The summed E-state index contributed by atoms with van der Waals surface area (Å²) in [5.74, 6) is 1.08. The Morgan fingerprint density at radius 3 is 2.57 bits per heavy atom. The number of piperidine rings is 1. The van der Waals surface area contributed by atoms with E-state index >= 15 is 0 Å². The van der Waals surface area contributed by atoms with E-state index in [2.05, 4.69) is 9.97 Å². The topological polar surface area (TPSA) is 79.7 Å². The molecule has 0 bridgehead atoms. The molecule has 30 heavy (non-hydrogen) atoms. The minimum atomic E-state index is -0.251. The number of hydrogen-bond acceptors (Lipinski definition) is 4. The van der Waals surface area contributed by atoms with Gasteiger partial charge in [0.05, 0.1) is 29.9 Å². The van der Waals surface area contributed by atoms with Crippen molar-refractivity contribution in [2.75, 3.05) is 20.2 Å². The number of nitrogens with zero attached hydrogens (tertiary/aromatic N) is 3. The van der Waals surface area contributed by atoms with Crippen molar-refractivity contribution in [2.24, 2.45) is 0 Å². The van der Waals surface area contributed by atoms with E-state index in [4.69, 9.17) is 4.74 Å². The van der Waals surface area contributed by atoms with Gasteiger partial charge in [-0.2, -0.15) is 0 Å². The molecule has 3 heterocycles. The summed E-state index contributed by atoms with van der Waals surface area (Å²) in [6.07, 6.45) is 4.73. The number of fused-ring (bicyclic) bond motifs is 3. The second kappa shape index (κ2) is 7.33. The van der Waals surface area contributed by atoms with Gasteiger partial charge in [0, 0.05) is 24.7 Å². The number of hydrogen-bond donors (Lipinski definition) is 1. The Hall–Kier alpha value is -3.61. The van der Waals surface area contributed by atoms with Gasteiger partial charge in [-0.3, -0.25) is 14.0 Å². The molecule has 0 atom stereocenters. The van der Waals surface area contributed by atoms with Crippen LogP contribution in [0.2, 0.25) is 0 Å². The first-order valence-corrected chi connectivity index (χ1v) is 10.1. The molecule has 1 aliphatic rings. The lowest BCUT2D eigenvalue weighted by Crippen LogP contribution is -2.35. The molecule has 7 nitrogen and oxygen atoms in total. The summed E-state index contributed by atoms with van der Waals surface area (Å²) in [5.41, 5.74) is 2.86. The number of aromatic nitrogens is 3. The van der Waals surface area contributed by atoms with Gasteiger partial charge in [0.25, 0.3) is 11.5 Å². The van der Waals surface area contributed by atoms with Gasteiger partial charge in [-0.15, -0.1) is 0 Å². The lowest BCUT2D eigenvalue weighted by atomic mass is 10.1. The molecule has 5 rings (SSSR count). The first-order chi connectivity index (χ1) is 14.7. The Morgan fingerprint density at radius 1 is 1.07 bits per heavy atom. The Morgan fingerprint density at radius 2 is 1.83 bits per heavy atom.